The predicted octanol–water partition coefficient (Wildman–Crippen LogP) is 5.24. The SMILES string of the molecule is Cc1ccc(-c2csc(NC(=O)c3c(C)oc(-n4cccc4)c3C#N)n2)cc1C. The van der Waals surface area contributed by atoms with E-state index < -0.39 is 5.91 Å². The van der Waals surface area contributed by atoms with Gasteiger partial charge in [0.25, 0.3) is 5.91 Å². The molecule has 3 heterocycles. The molecule has 1 amide bonds. The molecule has 6 nitrogen and oxygen atoms in total. The molecule has 1 aromatic carbocycles. The van der Waals surface area contributed by atoms with E-state index in [0.29, 0.717) is 16.8 Å². The molecule has 0 aliphatic carbocycles. The zero-order chi connectivity index (χ0) is 20.5. The van der Waals surface area contributed by atoms with Crippen molar-refractivity contribution in [2.45, 2.75) is 20.8 Å². The summed E-state index contributed by atoms with van der Waals surface area (Å²) < 4.78 is 7.37. The van der Waals surface area contributed by atoms with Gasteiger partial charge < -0.3 is 4.42 Å². The van der Waals surface area contributed by atoms with E-state index in [-0.39, 0.29) is 11.1 Å². The van der Waals surface area contributed by atoms with E-state index in [1.54, 1.807) is 23.9 Å². The highest BCUT2D eigenvalue weighted by atomic mass is 32.1. The molecular weight excluding hydrogens is 384 g/mol. The molecule has 0 radical (unpaired) electrons. The first-order valence-corrected chi connectivity index (χ1v) is 9.87. The van der Waals surface area contributed by atoms with E-state index in [4.69, 9.17) is 4.42 Å². The van der Waals surface area contributed by atoms with Gasteiger partial charge >= 0.3 is 0 Å². The van der Waals surface area contributed by atoms with E-state index in [9.17, 15) is 10.1 Å². The van der Waals surface area contributed by atoms with Crippen LogP contribution in [0.1, 0.15) is 32.8 Å². The van der Waals surface area contributed by atoms with Crippen LogP contribution in [0.3, 0.4) is 0 Å². The maximum Gasteiger partial charge on any atom is 0.262 e. The molecular formula is C22H18N4O2S. The van der Waals surface area contributed by atoms with Gasteiger partial charge in [0.2, 0.25) is 5.88 Å². The second-order valence-corrected chi connectivity index (χ2v) is 7.56. The number of furan rings is 1. The average Bonchev–Trinajstić information content (AvgIpc) is 3.43. The van der Waals surface area contributed by atoms with Crippen molar-refractivity contribution in [2.24, 2.45) is 0 Å². The normalized spacial score (nSPS) is 10.7. The molecule has 0 saturated heterocycles. The fourth-order valence-electron chi connectivity index (χ4n) is 3.08. The van der Waals surface area contributed by atoms with E-state index in [1.807, 2.05) is 23.6 Å². The van der Waals surface area contributed by atoms with Crippen molar-refractivity contribution in [1.29, 1.82) is 5.26 Å². The second kappa shape index (κ2) is 7.41. The van der Waals surface area contributed by atoms with Gasteiger partial charge in [-0.25, -0.2) is 4.98 Å². The summed E-state index contributed by atoms with van der Waals surface area (Å²) in [6, 6.07) is 11.9. The van der Waals surface area contributed by atoms with Crippen molar-refractivity contribution in [3.8, 4) is 23.2 Å². The van der Waals surface area contributed by atoms with Gasteiger partial charge in [0, 0.05) is 23.3 Å². The number of nitriles is 1. The Morgan fingerprint density at radius 3 is 2.66 bits per heavy atom. The summed E-state index contributed by atoms with van der Waals surface area (Å²) in [4.78, 5) is 17.4. The maximum atomic E-state index is 12.9. The Morgan fingerprint density at radius 1 is 1.21 bits per heavy atom. The lowest BCUT2D eigenvalue weighted by atomic mass is 10.1. The minimum Gasteiger partial charge on any atom is -0.443 e. The van der Waals surface area contributed by atoms with Crippen molar-refractivity contribution >= 4 is 22.4 Å². The Labute approximate surface area is 172 Å². The molecule has 0 saturated carbocycles. The number of hydrogen-bond donors (Lipinski definition) is 1. The summed E-state index contributed by atoms with van der Waals surface area (Å²) >= 11 is 1.34. The number of thiazole rings is 1. The van der Waals surface area contributed by atoms with E-state index >= 15 is 0 Å². The van der Waals surface area contributed by atoms with Crippen molar-refractivity contribution in [2.75, 3.05) is 5.32 Å². The van der Waals surface area contributed by atoms with Crippen LogP contribution in [0.2, 0.25) is 0 Å². The highest BCUT2D eigenvalue weighted by Crippen LogP contribution is 2.29. The standard InChI is InChI=1S/C22H18N4O2S/c1-13-6-7-16(10-14(13)2)18-12-29-22(24-18)25-20(27)19-15(3)28-21(17(19)11-23)26-8-4-5-9-26/h4-10,12H,1-3H3,(H,24,25,27). The van der Waals surface area contributed by atoms with E-state index in [0.717, 1.165) is 11.3 Å². The second-order valence-electron chi connectivity index (χ2n) is 6.71. The fourth-order valence-corrected chi connectivity index (χ4v) is 3.80. The topological polar surface area (TPSA) is 83.9 Å². The van der Waals surface area contributed by atoms with Gasteiger partial charge in [-0.15, -0.1) is 11.3 Å². The fraction of sp³-hybridized carbons (Fsp3) is 0.136. The van der Waals surface area contributed by atoms with Crippen LogP contribution in [-0.4, -0.2) is 15.5 Å². The summed E-state index contributed by atoms with van der Waals surface area (Å²) in [7, 11) is 0. The summed E-state index contributed by atoms with van der Waals surface area (Å²) in [6.45, 7) is 5.79. The van der Waals surface area contributed by atoms with Gasteiger partial charge in [0.1, 0.15) is 23.0 Å². The summed E-state index contributed by atoms with van der Waals surface area (Å²) in [5.74, 6) is 0.297. The number of nitrogens with zero attached hydrogens (tertiary/aromatic N) is 3. The molecule has 4 rings (SSSR count). The van der Waals surface area contributed by atoms with E-state index in [2.05, 4.69) is 42.4 Å². The van der Waals surface area contributed by atoms with Crippen molar-refractivity contribution in [3.05, 3.63) is 76.1 Å². The molecule has 4 aromatic rings. The molecule has 0 atom stereocenters. The Hall–Kier alpha value is -3.63. The number of carbonyl (C=O) groups is 1. The highest BCUT2D eigenvalue weighted by Gasteiger charge is 2.25. The number of nitrogens with one attached hydrogen (secondary N) is 1. The average molecular weight is 402 g/mol. The van der Waals surface area contributed by atoms with Crippen molar-refractivity contribution in [3.63, 3.8) is 0 Å². The molecule has 0 fully saturated rings. The molecule has 29 heavy (non-hydrogen) atoms. The minimum absolute atomic E-state index is 0.196. The molecule has 0 spiro atoms. The lowest BCUT2D eigenvalue weighted by molar-refractivity contribution is 0.102. The number of carbonyl (C=O) groups excluding carboxylic acids is 1. The largest absolute Gasteiger partial charge is 0.443 e. The van der Waals surface area contributed by atoms with Crippen molar-refractivity contribution < 1.29 is 9.21 Å². The molecule has 0 aliphatic heterocycles. The number of aromatic nitrogens is 2. The van der Waals surface area contributed by atoms with Crippen LogP contribution in [0.25, 0.3) is 17.1 Å². The van der Waals surface area contributed by atoms with Gasteiger partial charge in [-0.3, -0.25) is 14.7 Å². The van der Waals surface area contributed by atoms with Crippen molar-refractivity contribution in [1.82, 2.24) is 9.55 Å². The number of amides is 1. The third-order valence-electron chi connectivity index (χ3n) is 4.77. The number of benzene rings is 1. The molecule has 7 heteroatoms. The number of aryl methyl sites for hydroxylation is 3. The van der Waals surface area contributed by atoms with Gasteiger partial charge in [-0.1, -0.05) is 12.1 Å². The molecule has 144 valence electrons. The van der Waals surface area contributed by atoms with Crippen LogP contribution in [0, 0.1) is 32.1 Å². The maximum absolute atomic E-state index is 12.9. The third-order valence-corrected chi connectivity index (χ3v) is 5.53. The Morgan fingerprint density at radius 2 is 1.97 bits per heavy atom. The quantitative estimate of drug-likeness (QED) is 0.506. The first-order valence-electron chi connectivity index (χ1n) is 8.99. The highest BCUT2D eigenvalue weighted by molar-refractivity contribution is 7.14. The molecule has 1 N–H and O–H groups in total. The lowest BCUT2D eigenvalue weighted by Gasteiger charge is -2.03. The number of hydrogen-bond acceptors (Lipinski definition) is 5. The first kappa shape index (κ1) is 18.7. The van der Waals surface area contributed by atoms with Gasteiger partial charge in [0.15, 0.2) is 5.13 Å². The molecule has 0 unspecified atom stereocenters. The summed E-state index contributed by atoms with van der Waals surface area (Å²) in [5.41, 5.74) is 4.62. The first-order chi connectivity index (χ1) is 14.0. The van der Waals surface area contributed by atoms with Gasteiger partial charge in [-0.2, -0.15) is 5.26 Å². The number of rotatable bonds is 4. The molecule has 3 aromatic heterocycles. The van der Waals surface area contributed by atoms with Crippen LogP contribution >= 0.6 is 11.3 Å². The zero-order valence-electron chi connectivity index (χ0n) is 16.2. The van der Waals surface area contributed by atoms with Crippen LogP contribution in [-0.2, 0) is 0 Å². The summed E-state index contributed by atoms with van der Waals surface area (Å²) in [6.07, 6.45) is 3.52. The van der Waals surface area contributed by atoms with Gasteiger partial charge in [0.05, 0.1) is 5.69 Å². The Kier molecular flexibility index (Phi) is 4.79. The van der Waals surface area contributed by atoms with E-state index in [1.165, 1.54) is 22.5 Å². The third kappa shape index (κ3) is 3.46. The smallest absolute Gasteiger partial charge is 0.262 e. The minimum atomic E-state index is -0.415. The van der Waals surface area contributed by atoms with Crippen LogP contribution in [0.4, 0.5) is 5.13 Å². The zero-order valence-corrected chi connectivity index (χ0v) is 17.0. The Balaban J connectivity index is 1.62. The molecule has 0 aliphatic rings. The monoisotopic (exact) mass is 402 g/mol. The van der Waals surface area contributed by atoms with Crippen LogP contribution in [0.5, 0.6) is 0 Å². The number of anilines is 1. The van der Waals surface area contributed by atoms with Crippen LogP contribution < -0.4 is 5.32 Å². The Bertz CT molecular complexity index is 1240. The predicted molar refractivity (Wildman–Crippen MR) is 112 cm³/mol. The lowest BCUT2D eigenvalue weighted by Crippen LogP contribution is -2.13. The summed E-state index contributed by atoms with van der Waals surface area (Å²) in [5, 5.41) is 14.8. The van der Waals surface area contributed by atoms with Crippen LogP contribution in [0.15, 0.2) is 52.5 Å². The molecule has 0 bridgehead atoms. The van der Waals surface area contributed by atoms with Gasteiger partial charge in [-0.05, 0) is 50.1 Å².